The first kappa shape index (κ1) is 11.1. The van der Waals surface area contributed by atoms with Crippen LogP contribution in [-0.2, 0) is 4.79 Å². The van der Waals surface area contributed by atoms with E-state index in [1.165, 1.54) is 11.1 Å². The third-order valence-electron chi connectivity index (χ3n) is 3.28. The molecule has 86 valence electrons. The van der Waals surface area contributed by atoms with Gasteiger partial charge in [0, 0.05) is 6.42 Å². The van der Waals surface area contributed by atoms with Crippen LogP contribution in [0.5, 0.6) is 0 Å². The number of carbonyl (C=O) groups excluding carboxylic acids is 1. The van der Waals surface area contributed by atoms with Gasteiger partial charge in [0.15, 0.2) is 0 Å². The Morgan fingerprint density at radius 2 is 2.19 bits per heavy atom. The molecule has 1 amide bonds. The highest BCUT2D eigenvalue weighted by Crippen LogP contribution is 2.28. The summed E-state index contributed by atoms with van der Waals surface area (Å²) >= 11 is 0. The van der Waals surface area contributed by atoms with Gasteiger partial charge in [0.25, 0.3) is 0 Å². The molecular formula is C13H18N2O. The molecule has 3 N–H and O–H groups in total. The van der Waals surface area contributed by atoms with Crippen LogP contribution >= 0.6 is 0 Å². The molecule has 2 rings (SSSR count). The van der Waals surface area contributed by atoms with E-state index >= 15 is 0 Å². The average Bonchev–Trinajstić information content (AvgIpc) is 2.28. The van der Waals surface area contributed by atoms with Crippen LogP contribution in [0.3, 0.4) is 0 Å². The zero-order valence-electron chi connectivity index (χ0n) is 9.57. The third kappa shape index (κ3) is 2.25. The summed E-state index contributed by atoms with van der Waals surface area (Å²) in [5.74, 6) is 0.438. The minimum Gasteiger partial charge on any atom is -0.349 e. The second-order valence-electron chi connectivity index (χ2n) is 4.52. The van der Waals surface area contributed by atoms with Crippen LogP contribution in [-0.4, -0.2) is 12.5 Å². The zero-order valence-corrected chi connectivity index (χ0v) is 9.57. The molecule has 2 atom stereocenters. The molecule has 0 aliphatic carbocycles. The van der Waals surface area contributed by atoms with E-state index in [0.29, 0.717) is 18.9 Å². The molecule has 1 saturated heterocycles. The van der Waals surface area contributed by atoms with Crippen molar-refractivity contribution >= 4 is 5.91 Å². The molecule has 2 unspecified atom stereocenters. The van der Waals surface area contributed by atoms with Crippen LogP contribution < -0.4 is 11.1 Å². The number of rotatable bonds is 2. The standard InChI is InChI=1S/C13H18N2O/c1-9-4-2-3-5-11(9)12-6-10(8-14)7-13(16)15-12/h2-5,10,12H,6-8,14H2,1H3,(H,15,16). The van der Waals surface area contributed by atoms with E-state index in [2.05, 4.69) is 24.4 Å². The van der Waals surface area contributed by atoms with Gasteiger partial charge in [-0.3, -0.25) is 4.79 Å². The Morgan fingerprint density at radius 3 is 2.88 bits per heavy atom. The Labute approximate surface area is 96.0 Å². The van der Waals surface area contributed by atoms with Crippen molar-refractivity contribution in [2.75, 3.05) is 6.54 Å². The maximum Gasteiger partial charge on any atom is 0.220 e. The van der Waals surface area contributed by atoms with Crippen LogP contribution in [0, 0.1) is 12.8 Å². The number of nitrogens with two attached hydrogens (primary N) is 1. The van der Waals surface area contributed by atoms with Crippen LogP contribution in [0.25, 0.3) is 0 Å². The monoisotopic (exact) mass is 218 g/mol. The minimum atomic E-state index is 0.120. The van der Waals surface area contributed by atoms with E-state index < -0.39 is 0 Å². The van der Waals surface area contributed by atoms with Crippen LogP contribution in [0.4, 0.5) is 0 Å². The predicted octanol–water partition coefficient (Wildman–Crippen LogP) is 1.52. The van der Waals surface area contributed by atoms with Crippen molar-refractivity contribution in [3.63, 3.8) is 0 Å². The summed E-state index contributed by atoms with van der Waals surface area (Å²) < 4.78 is 0. The van der Waals surface area contributed by atoms with E-state index in [1.54, 1.807) is 0 Å². The Balaban J connectivity index is 2.21. The molecule has 0 radical (unpaired) electrons. The van der Waals surface area contributed by atoms with Gasteiger partial charge in [0.1, 0.15) is 0 Å². The Kier molecular flexibility index (Phi) is 3.25. The van der Waals surface area contributed by atoms with E-state index in [9.17, 15) is 4.79 Å². The first-order chi connectivity index (χ1) is 7.70. The molecular weight excluding hydrogens is 200 g/mol. The molecule has 0 aromatic heterocycles. The van der Waals surface area contributed by atoms with Gasteiger partial charge in [-0.1, -0.05) is 24.3 Å². The zero-order chi connectivity index (χ0) is 11.5. The van der Waals surface area contributed by atoms with Gasteiger partial charge in [-0.15, -0.1) is 0 Å². The molecule has 16 heavy (non-hydrogen) atoms. The Morgan fingerprint density at radius 1 is 1.44 bits per heavy atom. The number of nitrogens with one attached hydrogen (secondary N) is 1. The van der Waals surface area contributed by atoms with Gasteiger partial charge in [0.2, 0.25) is 5.91 Å². The van der Waals surface area contributed by atoms with Crippen molar-refractivity contribution in [2.45, 2.75) is 25.8 Å². The fourth-order valence-corrected chi connectivity index (χ4v) is 2.35. The van der Waals surface area contributed by atoms with Crippen molar-refractivity contribution < 1.29 is 4.79 Å². The molecule has 0 bridgehead atoms. The van der Waals surface area contributed by atoms with Gasteiger partial charge >= 0.3 is 0 Å². The smallest absolute Gasteiger partial charge is 0.220 e. The maximum absolute atomic E-state index is 11.6. The normalized spacial score (nSPS) is 25.2. The lowest BCUT2D eigenvalue weighted by Gasteiger charge is -2.30. The largest absolute Gasteiger partial charge is 0.349 e. The van der Waals surface area contributed by atoms with Gasteiger partial charge in [0.05, 0.1) is 6.04 Å². The second kappa shape index (κ2) is 4.66. The summed E-state index contributed by atoms with van der Waals surface area (Å²) in [7, 11) is 0. The lowest BCUT2D eigenvalue weighted by atomic mass is 9.87. The molecule has 1 fully saturated rings. The second-order valence-corrected chi connectivity index (χ2v) is 4.52. The summed E-state index contributed by atoms with van der Waals surface area (Å²) in [5, 5.41) is 3.04. The molecule has 0 spiro atoms. The van der Waals surface area contributed by atoms with E-state index in [1.807, 2.05) is 12.1 Å². The van der Waals surface area contributed by atoms with Gasteiger partial charge in [-0.05, 0) is 36.9 Å². The molecule has 3 nitrogen and oxygen atoms in total. The summed E-state index contributed by atoms with van der Waals surface area (Å²) in [6.07, 6.45) is 1.52. The van der Waals surface area contributed by atoms with Crippen LogP contribution in [0.15, 0.2) is 24.3 Å². The van der Waals surface area contributed by atoms with E-state index in [4.69, 9.17) is 5.73 Å². The molecule has 3 heteroatoms. The number of benzene rings is 1. The van der Waals surface area contributed by atoms with E-state index in [-0.39, 0.29) is 11.9 Å². The highest BCUT2D eigenvalue weighted by molar-refractivity contribution is 5.77. The van der Waals surface area contributed by atoms with Gasteiger partial charge < -0.3 is 11.1 Å². The first-order valence-corrected chi connectivity index (χ1v) is 5.75. The summed E-state index contributed by atoms with van der Waals surface area (Å²) in [5.41, 5.74) is 8.11. The molecule has 1 aromatic carbocycles. The third-order valence-corrected chi connectivity index (χ3v) is 3.28. The molecule has 1 heterocycles. The fraction of sp³-hybridized carbons (Fsp3) is 0.462. The van der Waals surface area contributed by atoms with Crippen molar-refractivity contribution in [1.29, 1.82) is 0 Å². The number of carbonyl (C=O) groups is 1. The quantitative estimate of drug-likeness (QED) is 0.790. The summed E-state index contributed by atoms with van der Waals surface area (Å²) in [6.45, 7) is 2.67. The molecule has 0 saturated carbocycles. The molecule has 1 aliphatic rings. The molecule has 1 aliphatic heterocycles. The highest BCUT2D eigenvalue weighted by atomic mass is 16.1. The van der Waals surface area contributed by atoms with Crippen molar-refractivity contribution in [3.05, 3.63) is 35.4 Å². The first-order valence-electron chi connectivity index (χ1n) is 5.75. The number of amides is 1. The lowest BCUT2D eigenvalue weighted by molar-refractivity contribution is -0.124. The van der Waals surface area contributed by atoms with Crippen LogP contribution in [0.1, 0.15) is 30.0 Å². The SMILES string of the molecule is Cc1ccccc1C1CC(CN)CC(=O)N1. The van der Waals surface area contributed by atoms with Crippen molar-refractivity contribution in [2.24, 2.45) is 11.7 Å². The van der Waals surface area contributed by atoms with Crippen molar-refractivity contribution in [3.8, 4) is 0 Å². The number of hydrogen-bond acceptors (Lipinski definition) is 2. The fourth-order valence-electron chi connectivity index (χ4n) is 2.35. The average molecular weight is 218 g/mol. The van der Waals surface area contributed by atoms with Crippen molar-refractivity contribution in [1.82, 2.24) is 5.32 Å². The summed E-state index contributed by atoms with van der Waals surface area (Å²) in [6, 6.07) is 8.33. The minimum absolute atomic E-state index is 0.120. The highest BCUT2D eigenvalue weighted by Gasteiger charge is 2.27. The van der Waals surface area contributed by atoms with Gasteiger partial charge in [-0.25, -0.2) is 0 Å². The van der Waals surface area contributed by atoms with E-state index in [0.717, 1.165) is 6.42 Å². The number of hydrogen-bond donors (Lipinski definition) is 2. The predicted molar refractivity (Wildman–Crippen MR) is 63.8 cm³/mol. The van der Waals surface area contributed by atoms with Gasteiger partial charge in [-0.2, -0.15) is 0 Å². The maximum atomic E-state index is 11.6. The number of piperidine rings is 1. The Hall–Kier alpha value is -1.35. The molecule has 1 aromatic rings. The Bertz CT molecular complexity index is 389. The topological polar surface area (TPSA) is 55.1 Å². The van der Waals surface area contributed by atoms with Crippen LogP contribution in [0.2, 0.25) is 0 Å². The summed E-state index contributed by atoms with van der Waals surface area (Å²) in [4.78, 5) is 11.6. The number of aryl methyl sites for hydroxylation is 1. The lowest BCUT2D eigenvalue weighted by Crippen LogP contribution is -2.39.